The third-order valence-electron chi connectivity index (χ3n) is 5.07. The van der Waals surface area contributed by atoms with Gasteiger partial charge >= 0.3 is 0 Å². The van der Waals surface area contributed by atoms with E-state index < -0.39 is 11.8 Å². The van der Waals surface area contributed by atoms with Gasteiger partial charge in [0.2, 0.25) is 0 Å². The molecule has 0 aromatic carbocycles. The van der Waals surface area contributed by atoms with Gasteiger partial charge in [0, 0.05) is 0 Å². The Hall–Kier alpha value is -0.120. The smallest absolute Gasteiger partial charge is 0.175 e. The fourth-order valence-electron chi connectivity index (χ4n) is 3.19. The van der Waals surface area contributed by atoms with Crippen molar-refractivity contribution in [2.45, 2.75) is 135 Å². The van der Waals surface area contributed by atoms with E-state index in [1.54, 1.807) is 0 Å². The molecule has 0 heterocycles. The van der Waals surface area contributed by atoms with Crippen molar-refractivity contribution in [1.29, 1.82) is 0 Å². The maximum atomic E-state index is 9.34. The molecule has 0 aliphatic heterocycles. The van der Waals surface area contributed by atoms with Crippen molar-refractivity contribution in [3.63, 3.8) is 0 Å². The normalized spacial score (nSPS) is 13.4. The first-order valence-corrected chi connectivity index (χ1v) is 10.7. The minimum absolute atomic E-state index is 0.524. The number of aliphatic hydroxyl groups is 2. The van der Waals surface area contributed by atoms with Crippen LogP contribution in [0.1, 0.15) is 123 Å². The average molecular weight is 344 g/mol. The quantitative estimate of drug-likeness (QED) is 0.222. The van der Waals surface area contributed by atoms with Crippen molar-refractivity contribution in [1.82, 2.24) is 0 Å². The van der Waals surface area contributed by atoms with Gasteiger partial charge < -0.3 is 15.9 Å². The maximum absolute atomic E-state index is 9.34. The molecule has 24 heavy (non-hydrogen) atoms. The summed E-state index contributed by atoms with van der Waals surface area (Å²) in [6.45, 7) is 3.64. The summed E-state index contributed by atoms with van der Waals surface area (Å²) in [6, 6.07) is -0.524. The summed E-state index contributed by atoms with van der Waals surface area (Å²) in [5, 5.41) is 18.7. The molecular weight excluding hydrogens is 298 g/mol. The second-order valence-electron chi connectivity index (χ2n) is 7.79. The summed E-state index contributed by atoms with van der Waals surface area (Å²) in [5.74, 6) is -1.73. The predicted molar refractivity (Wildman–Crippen MR) is 105 cm³/mol. The standard InChI is InChI=1S/C21H45NO2/c1-3-4-5-6-7-8-9-10-11-12-13-14-15-16-17-18-19-20(22)21(2,23)24/h20,23-24H,3-19,22H2,1-2H3. The molecule has 3 nitrogen and oxygen atoms in total. The van der Waals surface area contributed by atoms with Crippen LogP contribution in [0.3, 0.4) is 0 Å². The lowest BCUT2D eigenvalue weighted by atomic mass is 10.0. The van der Waals surface area contributed by atoms with Crippen LogP contribution >= 0.6 is 0 Å². The van der Waals surface area contributed by atoms with E-state index in [0.29, 0.717) is 6.42 Å². The van der Waals surface area contributed by atoms with E-state index >= 15 is 0 Å². The van der Waals surface area contributed by atoms with Crippen LogP contribution in [0.5, 0.6) is 0 Å². The summed E-state index contributed by atoms with van der Waals surface area (Å²) in [4.78, 5) is 0. The SMILES string of the molecule is CCCCCCCCCCCCCCCCCCC(N)C(C)(O)O. The van der Waals surface area contributed by atoms with Crippen LogP contribution in [-0.4, -0.2) is 22.0 Å². The minimum atomic E-state index is -1.73. The van der Waals surface area contributed by atoms with Gasteiger partial charge in [-0.05, 0) is 13.3 Å². The van der Waals surface area contributed by atoms with Gasteiger partial charge in [-0.15, -0.1) is 0 Å². The molecule has 0 spiro atoms. The van der Waals surface area contributed by atoms with Crippen LogP contribution in [0.25, 0.3) is 0 Å². The van der Waals surface area contributed by atoms with Crippen LogP contribution < -0.4 is 5.73 Å². The predicted octanol–water partition coefficient (Wildman–Crippen LogP) is 5.67. The van der Waals surface area contributed by atoms with E-state index in [2.05, 4.69) is 6.92 Å². The van der Waals surface area contributed by atoms with Gasteiger partial charge in [0.25, 0.3) is 0 Å². The molecule has 0 radical (unpaired) electrons. The third-order valence-corrected chi connectivity index (χ3v) is 5.07. The van der Waals surface area contributed by atoms with E-state index in [4.69, 9.17) is 5.73 Å². The average Bonchev–Trinajstić information content (AvgIpc) is 2.53. The zero-order valence-electron chi connectivity index (χ0n) is 16.6. The molecule has 0 amide bonds. The Morgan fingerprint density at radius 3 is 1.21 bits per heavy atom. The van der Waals surface area contributed by atoms with Crippen molar-refractivity contribution in [2.75, 3.05) is 0 Å². The Morgan fingerprint density at radius 2 is 0.917 bits per heavy atom. The van der Waals surface area contributed by atoms with Crippen molar-refractivity contribution in [3.8, 4) is 0 Å². The first-order valence-electron chi connectivity index (χ1n) is 10.7. The monoisotopic (exact) mass is 343 g/mol. The molecule has 0 bridgehead atoms. The van der Waals surface area contributed by atoms with Gasteiger partial charge in [0.1, 0.15) is 0 Å². The summed E-state index contributed by atoms with van der Waals surface area (Å²) < 4.78 is 0. The number of nitrogens with two attached hydrogens (primary N) is 1. The molecule has 0 aromatic heterocycles. The lowest BCUT2D eigenvalue weighted by Gasteiger charge is -2.23. The maximum Gasteiger partial charge on any atom is 0.175 e. The molecular formula is C21H45NO2. The molecule has 0 aliphatic carbocycles. The molecule has 0 saturated carbocycles. The number of hydrogen-bond donors (Lipinski definition) is 3. The highest BCUT2D eigenvalue weighted by molar-refractivity contribution is 4.73. The first kappa shape index (κ1) is 23.9. The largest absolute Gasteiger partial charge is 0.365 e. The fraction of sp³-hybridized carbons (Fsp3) is 1.00. The van der Waals surface area contributed by atoms with Crippen LogP contribution in [0.15, 0.2) is 0 Å². The van der Waals surface area contributed by atoms with Crippen molar-refractivity contribution in [2.24, 2.45) is 5.73 Å². The second kappa shape index (κ2) is 16.4. The van der Waals surface area contributed by atoms with Crippen LogP contribution in [0, 0.1) is 0 Å². The molecule has 1 atom stereocenters. The third kappa shape index (κ3) is 16.7. The zero-order valence-corrected chi connectivity index (χ0v) is 16.6. The molecule has 0 aliphatic rings. The highest BCUT2D eigenvalue weighted by Gasteiger charge is 2.24. The summed E-state index contributed by atoms with van der Waals surface area (Å²) in [5.41, 5.74) is 5.71. The highest BCUT2D eigenvalue weighted by Crippen LogP contribution is 2.15. The molecule has 4 N–H and O–H groups in total. The molecule has 0 fully saturated rings. The van der Waals surface area contributed by atoms with E-state index in [0.717, 1.165) is 12.8 Å². The Kier molecular flexibility index (Phi) is 16.3. The number of hydrogen-bond acceptors (Lipinski definition) is 3. The zero-order chi connectivity index (χ0) is 18.1. The van der Waals surface area contributed by atoms with Gasteiger partial charge in [-0.1, -0.05) is 110 Å². The van der Waals surface area contributed by atoms with E-state index in [1.165, 1.54) is 96.8 Å². The molecule has 1 unspecified atom stereocenters. The lowest BCUT2D eigenvalue weighted by Crippen LogP contribution is -2.45. The van der Waals surface area contributed by atoms with E-state index in [9.17, 15) is 10.2 Å². The Morgan fingerprint density at radius 1 is 0.625 bits per heavy atom. The van der Waals surface area contributed by atoms with E-state index in [-0.39, 0.29) is 0 Å². The van der Waals surface area contributed by atoms with E-state index in [1.807, 2.05) is 0 Å². The van der Waals surface area contributed by atoms with Crippen molar-refractivity contribution >= 4 is 0 Å². The summed E-state index contributed by atoms with van der Waals surface area (Å²) >= 11 is 0. The van der Waals surface area contributed by atoms with Gasteiger partial charge in [-0.3, -0.25) is 0 Å². The Bertz CT molecular complexity index is 251. The second-order valence-corrected chi connectivity index (χ2v) is 7.79. The van der Waals surface area contributed by atoms with Crippen molar-refractivity contribution in [3.05, 3.63) is 0 Å². The Balaban J connectivity index is 3.10. The summed E-state index contributed by atoms with van der Waals surface area (Å²) in [7, 11) is 0. The van der Waals surface area contributed by atoms with Crippen LogP contribution in [-0.2, 0) is 0 Å². The highest BCUT2D eigenvalue weighted by atomic mass is 16.5. The minimum Gasteiger partial charge on any atom is -0.365 e. The molecule has 146 valence electrons. The van der Waals surface area contributed by atoms with Gasteiger partial charge in [-0.2, -0.15) is 0 Å². The molecule has 3 heteroatoms. The molecule has 0 rings (SSSR count). The number of rotatable bonds is 18. The van der Waals surface area contributed by atoms with Gasteiger partial charge in [0.15, 0.2) is 5.79 Å². The summed E-state index contributed by atoms with van der Waals surface area (Å²) in [6.07, 6.45) is 22.3. The Labute approximate surface area is 151 Å². The van der Waals surface area contributed by atoms with Gasteiger partial charge in [0.05, 0.1) is 6.04 Å². The lowest BCUT2D eigenvalue weighted by molar-refractivity contribution is -0.162. The van der Waals surface area contributed by atoms with Crippen LogP contribution in [0.2, 0.25) is 0 Å². The van der Waals surface area contributed by atoms with Crippen molar-refractivity contribution < 1.29 is 10.2 Å². The molecule has 0 aromatic rings. The topological polar surface area (TPSA) is 66.5 Å². The first-order chi connectivity index (χ1) is 11.5. The van der Waals surface area contributed by atoms with Crippen LogP contribution in [0.4, 0.5) is 0 Å². The number of unbranched alkanes of at least 4 members (excludes halogenated alkanes) is 15. The fourth-order valence-corrected chi connectivity index (χ4v) is 3.19. The van der Waals surface area contributed by atoms with Gasteiger partial charge in [-0.25, -0.2) is 0 Å². The molecule has 0 saturated heterocycles.